The Hall–Kier alpha value is -1.05. The van der Waals surface area contributed by atoms with Crippen molar-refractivity contribution in [3.63, 3.8) is 0 Å². The van der Waals surface area contributed by atoms with Gasteiger partial charge >= 0.3 is 6.09 Å². The van der Waals surface area contributed by atoms with Crippen LogP contribution in [0.3, 0.4) is 0 Å². The molecule has 1 amide bonds. The van der Waals surface area contributed by atoms with Gasteiger partial charge in [-0.05, 0) is 55.6 Å². The number of carbonyl (C=O) groups is 1. The lowest BCUT2D eigenvalue weighted by Gasteiger charge is -2.34. The van der Waals surface area contributed by atoms with Gasteiger partial charge in [-0.25, -0.2) is 9.78 Å². The quantitative estimate of drug-likeness (QED) is 0.725. The summed E-state index contributed by atoms with van der Waals surface area (Å²) in [6, 6.07) is 1.78. The van der Waals surface area contributed by atoms with Crippen LogP contribution in [0.15, 0.2) is 10.5 Å². The summed E-state index contributed by atoms with van der Waals surface area (Å²) in [5.41, 5.74) is 5.84. The van der Waals surface area contributed by atoms with Crippen molar-refractivity contribution in [2.75, 3.05) is 19.7 Å². The van der Waals surface area contributed by atoms with E-state index < -0.39 is 5.60 Å². The number of ether oxygens (including phenoxy) is 2. The summed E-state index contributed by atoms with van der Waals surface area (Å²) >= 11 is 9.34. The number of nitrogens with two attached hydrogens (primary N) is 1. The topological polar surface area (TPSA) is 77.7 Å². The van der Waals surface area contributed by atoms with Crippen LogP contribution in [-0.4, -0.2) is 41.3 Å². The number of rotatable bonds is 4. The van der Waals surface area contributed by atoms with Gasteiger partial charge in [0.2, 0.25) is 0 Å². The molecule has 0 radical (unpaired) electrons. The van der Waals surface area contributed by atoms with E-state index in [2.05, 4.69) is 20.9 Å². The van der Waals surface area contributed by atoms with Gasteiger partial charge in [-0.15, -0.1) is 0 Å². The molecule has 8 heteroatoms. The Bertz CT molecular complexity index is 622. The van der Waals surface area contributed by atoms with Crippen LogP contribution in [0.25, 0.3) is 0 Å². The van der Waals surface area contributed by atoms with Gasteiger partial charge in [0.05, 0.1) is 16.8 Å². The first-order chi connectivity index (χ1) is 11.7. The number of hydrogen-bond donors (Lipinski definition) is 1. The maximum absolute atomic E-state index is 12.2. The summed E-state index contributed by atoms with van der Waals surface area (Å²) < 4.78 is 12.0. The molecule has 1 unspecified atom stereocenters. The zero-order chi connectivity index (χ0) is 18.6. The Labute approximate surface area is 162 Å². The molecule has 140 valence electrons. The highest BCUT2D eigenvalue weighted by atomic mass is 79.9. The summed E-state index contributed by atoms with van der Waals surface area (Å²) in [5.74, 6) is 0.856. The average Bonchev–Trinajstić information content (AvgIpc) is 2.54. The number of pyridine rings is 1. The molecule has 0 aliphatic carbocycles. The van der Waals surface area contributed by atoms with E-state index in [1.165, 1.54) is 0 Å². The summed E-state index contributed by atoms with van der Waals surface area (Å²) in [6.07, 6.45) is 1.66. The monoisotopic (exact) mass is 433 g/mol. The van der Waals surface area contributed by atoms with Crippen LogP contribution in [0, 0.1) is 5.92 Å². The van der Waals surface area contributed by atoms with E-state index in [0.717, 1.165) is 12.8 Å². The van der Waals surface area contributed by atoms with Gasteiger partial charge in [-0.1, -0.05) is 11.6 Å². The van der Waals surface area contributed by atoms with E-state index in [4.69, 9.17) is 26.8 Å². The van der Waals surface area contributed by atoms with Crippen LogP contribution in [0.4, 0.5) is 4.79 Å². The van der Waals surface area contributed by atoms with Crippen LogP contribution in [-0.2, 0) is 11.3 Å². The van der Waals surface area contributed by atoms with Crippen LogP contribution < -0.4 is 10.5 Å². The lowest BCUT2D eigenvalue weighted by Crippen LogP contribution is -2.44. The molecule has 1 saturated heterocycles. The van der Waals surface area contributed by atoms with Crippen molar-refractivity contribution < 1.29 is 14.3 Å². The summed E-state index contributed by atoms with van der Waals surface area (Å²) in [6.45, 7) is 7.68. The Morgan fingerprint density at radius 1 is 1.52 bits per heavy atom. The average molecular weight is 435 g/mol. The maximum Gasteiger partial charge on any atom is 0.410 e. The number of hydrogen-bond acceptors (Lipinski definition) is 5. The second-order valence-electron chi connectivity index (χ2n) is 7.16. The highest BCUT2D eigenvalue weighted by Crippen LogP contribution is 2.29. The Kier molecular flexibility index (Phi) is 6.93. The number of amides is 1. The Morgan fingerprint density at radius 3 is 2.88 bits per heavy atom. The number of likely N-dealkylation sites (tertiary alicyclic amines) is 1. The Morgan fingerprint density at radius 2 is 2.24 bits per heavy atom. The highest BCUT2D eigenvalue weighted by molar-refractivity contribution is 9.10. The van der Waals surface area contributed by atoms with Crippen molar-refractivity contribution in [1.29, 1.82) is 0 Å². The molecule has 0 saturated carbocycles. The van der Waals surface area contributed by atoms with Crippen LogP contribution in [0.5, 0.6) is 5.75 Å². The molecule has 2 N–H and O–H groups in total. The standard InChI is InChI=1S/C17H25BrClN3O3/c1-17(2,3)25-16(23)22-6-4-5-11(9-22)10-24-14-7-12(18)15(19)21-13(14)8-20/h7,11H,4-6,8-10,20H2,1-3H3. The number of nitrogens with zero attached hydrogens (tertiary/aromatic N) is 2. The zero-order valence-corrected chi connectivity index (χ0v) is 17.2. The number of halogens is 2. The third-order valence-electron chi connectivity index (χ3n) is 3.81. The lowest BCUT2D eigenvalue weighted by molar-refractivity contribution is 0.0139. The molecule has 1 aliphatic heterocycles. The fraction of sp³-hybridized carbons (Fsp3) is 0.647. The van der Waals surface area contributed by atoms with Gasteiger partial charge in [-0.2, -0.15) is 0 Å². The number of aromatic nitrogens is 1. The predicted octanol–water partition coefficient (Wildman–Crippen LogP) is 3.98. The largest absolute Gasteiger partial charge is 0.491 e. The van der Waals surface area contributed by atoms with E-state index in [1.54, 1.807) is 11.0 Å². The van der Waals surface area contributed by atoms with Crippen molar-refractivity contribution in [2.45, 2.75) is 45.8 Å². The van der Waals surface area contributed by atoms with E-state index in [9.17, 15) is 4.79 Å². The molecule has 1 atom stereocenters. The smallest absolute Gasteiger partial charge is 0.410 e. The number of piperidine rings is 1. The van der Waals surface area contributed by atoms with Crippen molar-refractivity contribution in [3.8, 4) is 5.75 Å². The maximum atomic E-state index is 12.2. The Balaban J connectivity index is 1.95. The minimum absolute atomic E-state index is 0.237. The predicted molar refractivity (Wildman–Crippen MR) is 101 cm³/mol. The van der Waals surface area contributed by atoms with Gasteiger partial charge in [0, 0.05) is 25.6 Å². The second kappa shape index (κ2) is 8.56. The fourth-order valence-corrected chi connectivity index (χ4v) is 3.11. The van der Waals surface area contributed by atoms with Gasteiger partial charge in [-0.3, -0.25) is 0 Å². The number of carbonyl (C=O) groups excluding carboxylic acids is 1. The van der Waals surface area contributed by atoms with Crippen molar-refractivity contribution in [3.05, 3.63) is 21.4 Å². The first-order valence-corrected chi connectivity index (χ1v) is 9.52. The SMILES string of the molecule is CC(C)(C)OC(=O)N1CCCC(COc2cc(Br)c(Cl)nc2CN)C1. The third-order valence-corrected chi connectivity index (χ3v) is 4.93. The molecular formula is C17H25BrClN3O3. The van der Waals surface area contributed by atoms with Crippen LogP contribution in [0.2, 0.25) is 5.15 Å². The second-order valence-corrected chi connectivity index (χ2v) is 8.37. The normalized spacial score (nSPS) is 18.2. The van der Waals surface area contributed by atoms with Gasteiger partial charge in [0.15, 0.2) is 0 Å². The summed E-state index contributed by atoms with van der Waals surface area (Å²) in [5, 5.41) is 0.363. The molecule has 1 aromatic rings. The molecule has 2 heterocycles. The molecule has 1 aliphatic rings. The van der Waals surface area contributed by atoms with Crippen LogP contribution >= 0.6 is 27.5 Å². The molecule has 0 spiro atoms. The highest BCUT2D eigenvalue weighted by Gasteiger charge is 2.28. The van der Waals surface area contributed by atoms with Crippen LogP contribution in [0.1, 0.15) is 39.3 Å². The molecule has 2 rings (SSSR count). The van der Waals surface area contributed by atoms with Crippen molar-refractivity contribution in [1.82, 2.24) is 9.88 Å². The van der Waals surface area contributed by atoms with Crippen molar-refractivity contribution >= 4 is 33.6 Å². The first-order valence-electron chi connectivity index (χ1n) is 8.35. The lowest BCUT2D eigenvalue weighted by atomic mass is 9.99. The molecule has 1 aromatic heterocycles. The van der Waals surface area contributed by atoms with E-state index in [0.29, 0.717) is 40.8 Å². The van der Waals surface area contributed by atoms with E-state index in [1.807, 2.05) is 20.8 Å². The first kappa shape index (κ1) is 20.3. The molecule has 0 aromatic carbocycles. The van der Waals surface area contributed by atoms with Crippen molar-refractivity contribution in [2.24, 2.45) is 11.7 Å². The molecular weight excluding hydrogens is 410 g/mol. The van der Waals surface area contributed by atoms with Gasteiger partial charge in [0.1, 0.15) is 16.5 Å². The summed E-state index contributed by atoms with van der Waals surface area (Å²) in [4.78, 5) is 18.2. The molecule has 25 heavy (non-hydrogen) atoms. The van der Waals surface area contributed by atoms with Gasteiger partial charge < -0.3 is 20.1 Å². The minimum Gasteiger partial charge on any atom is -0.491 e. The van der Waals surface area contributed by atoms with Gasteiger partial charge in [0.25, 0.3) is 0 Å². The molecule has 6 nitrogen and oxygen atoms in total. The zero-order valence-electron chi connectivity index (χ0n) is 14.8. The van der Waals surface area contributed by atoms with E-state index >= 15 is 0 Å². The third kappa shape index (κ3) is 6.01. The fourth-order valence-electron chi connectivity index (χ4n) is 2.66. The summed E-state index contributed by atoms with van der Waals surface area (Å²) in [7, 11) is 0. The molecule has 0 bridgehead atoms. The minimum atomic E-state index is -0.488. The van der Waals surface area contributed by atoms with E-state index in [-0.39, 0.29) is 18.6 Å². The molecule has 1 fully saturated rings.